The number of aliphatic hydroxyl groups is 1. The van der Waals surface area contributed by atoms with Crippen LogP contribution in [0.25, 0.3) is 11.1 Å². The fraction of sp³-hybridized carbons (Fsp3) is 0.200. The molecule has 0 amide bonds. The highest BCUT2D eigenvalue weighted by Gasteiger charge is 2.04. The van der Waals surface area contributed by atoms with Crippen LogP contribution in [0.3, 0.4) is 0 Å². The Hall–Kier alpha value is -2.00. The lowest BCUT2D eigenvalue weighted by molar-refractivity contribution is 0.282. The maximum absolute atomic E-state index is 9.02. The van der Waals surface area contributed by atoms with E-state index in [-0.39, 0.29) is 6.61 Å². The molecule has 0 aromatic heterocycles. The zero-order valence-electron chi connectivity index (χ0n) is 10.5. The number of ether oxygens (including phenoxy) is 2. The molecule has 0 radical (unpaired) electrons. The van der Waals surface area contributed by atoms with E-state index in [0.717, 1.165) is 28.2 Å². The van der Waals surface area contributed by atoms with E-state index in [1.807, 2.05) is 42.5 Å². The maximum Gasteiger partial charge on any atom is 0.123 e. The summed E-state index contributed by atoms with van der Waals surface area (Å²) in [6.07, 6.45) is 0. The molecule has 0 atom stereocenters. The van der Waals surface area contributed by atoms with Crippen LogP contribution in [-0.4, -0.2) is 19.3 Å². The van der Waals surface area contributed by atoms with Gasteiger partial charge in [0.1, 0.15) is 11.5 Å². The molecular weight excluding hydrogens is 228 g/mol. The third-order valence-corrected chi connectivity index (χ3v) is 2.82. The Balaban J connectivity index is 2.41. The zero-order valence-corrected chi connectivity index (χ0v) is 10.5. The molecule has 3 nitrogen and oxygen atoms in total. The van der Waals surface area contributed by atoms with Crippen molar-refractivity contribution in [2.45, 2.75) is 6.61 Å². The van der Waals surface area contributed by atoms with Gasteiger partial charge in [-0.05, 0) is 28.8 Å². The van der Waals surface area contributed by atoms with Crippen molar-refractivity contribution in [3.8, 4) is 22.6 Å². The van der Waals surface area contributed by atoms with Gasteiger partial charge in [0.2, 0.25) is 0 Å². The van der Waals surface area contributed by atoms with Gasteiger partial charge in [0.05, 0.1) is 20.8 Å². The van der Waals surface area contributed by atoms with Crippen LogP contribution in [-0.2, 0) is 6.61 Å². The van der Waals surface area contributed by atoms with Gasteiger partial charge >= 0.3 is 0 Å². The second-order valence-corrected chi connectivity index (χ2v) is 3.96. The molecule has 0 fully saturated rings. The molecular formula is C15H16O3. The van der Waals surface area contributed by atoms with E-state index in [9.17, 15) is 0 Å². The second-order valence-electron chi connectivity index (χ2n) is 3.96. The number of methoxy groups -OCH3 is 2. The van der Waals surface area contributed by atoms with Crippen LogP contribution in [0.2, 0.25) is 0 Å². The van der Waals surface area contributed by atoms with E-state index in [2.05, 4.69) is 0 Å². The summed E-state index contributed by atoms with van der Waals surface area (Å²) in [6.45, 7) is 0.0573. The monoisotopic (exact) mass is 244 g/mol. The van der Waals surface area contributed by atoms with Crippen LogP contribution in [0.5, 0.6) is 11.5 Å². The molecule has 94 valence electrons. The van der Waals surface area contributed by atoms with Crippen LogP contribution in [0.4, 0.5) is 0 Å². The van der Waals surface area contributed by atoms with Crippen molar-refractivity contribution in [1.29, 1.82) is 0 Å². The summed E-state index contributed by atoms with van der Waals surface area (Å²) in [4.78, 5) is 0. The topological polar surface area (TPSA) is 38.7 Å². The molecule has 0 aliphatic rings. The van der Waals surface area contributed by atoms with Crippen molar-refractivity contribution in [3.63, 3.8) is 0 Å². The molecule has 18 heavy (non-hydrogen) atoms. The minimum absolute atomic E-state index is 0.0573. The molecule has 0 heterocycles. The summed E-state index contributed by atoms with van der Waals surface area (Å²) in [5, 5.41) is 9.02. The molecule has 2 rings (SSSR count). The van der Waals surface area contributed by atoms with Crippen molar-refractivity contribution in [1.82, 2.24) is 0 Å². The average molecular weight is 244 g/mol. The molecule has 0 saturated heterocycles. The normalized spacial score (nSPS) is 10.2. The average Bonchev–Trinajstić information content (AvgIpc) is 2.46. The Bertz CT molecular complexity index is 496. The lowest BCUT2D eigenvalue weighted by atomic mass is 10.0. The Kier molecular flexibility index (Phi) is 3.85. The highest BCUT2D eigenvalue weighted by atomic mass is 16.5. The van der Waals surface area contributed by atoms with Crippen LogP contribution in [0.1, 0.15) is 5.56 Å². The van der Waals surface area contributed by atoms with Gasteiger partial charge in [-0.25, -0.2) is 0 Å². The first-order valence-corrected chi connectivity index (χ1v) is 5.70. The lowest BCUT2D eigenvalue weighted by Crippen LogP contribution is -1.89. The SMILES string of the molecule is COc1cc(OC)cc(-c2ccc(CO)cc2)c1. The standard InChI is InChI=1S/C15H16O3/c1-17-14-7-13(8-15(9-14)18-2)12-5-3-11(10-16)4-6-12/h3-9,16H,10H2,1-2H3. The van der Waals surface area contributed by atoms with Crippen molar-refractivity contribution >= 4 is 0 Å². The third-order valence-electron chi connectivity index (χ3n) is 2.82. The molecule has 0 saturated carbocycles. The lowest BCUT2D eigenvalue weighted by Gasteiger charge is -2.09. The van der Waals surface area contributed by atoms with E-state index in [0.29, 0.717) is 0 Å². The first-order chi connectivity index (χ1) is 8.76. The molecule has 3 heteroatoms. The highest BCUT2D eigenvalue weighted by Crippen LogP contribution is 2.29. The molecule has 0 aliphatic carbocycles. The van der Waals surface area contributed by atoms with Gasteiger partial charge in [-0.15, -0.1) is 0 Å². The maximum atomic E-state index is 9.02. The van der Waals surface area contributed by atoms with Gasteiger partial charge in [-0.3, -0.25) is 0 Å². The van der Waals surface area contributed by atoms with E-state index >= 15 is 0 Å². The first kappa shape index (κ1) is 12.5. The Morgan fingerprint density at radius 2 is 1.39 bits per heavy atom. The minimum Gasteiger partial charge on any atom is -0.497 e. The fourth-order valence-corrected chi connectivity index (χ4v) is 1.78. The Morgan fingerprint density at radius 3 is 1.83 bits per heavy atom. The predicted octanol–water partition coefficient (Wildman–Crippen LogP) is 2.86. The molecule has 0 aliphatic heterocycles. The molecule has 2 aromatic carbocycles. The van der Waals surface area contributed by atoms with Crippen LogP contribution < -0.4 is 9.47 Å². The smallest absolute Gasteiger partial charge is 0.123 e. The van der Waals surface area contributed by atoms with Gasteiger partial charge in [0, 0.05) is 6.07 Å². The molecule has 0 bridgehead atoms. The summed E-state index contributed by atoms with van der Waals surface area (Å²) in [5.74, 6) is 1.52. The number of benzene rings is 2. The largest absolute Gasteiger partial charge is 0.497 e. The molecule has 1 N–H and O–H groups in total. The molecule has 0 spiro atoms. The van der Waals surface area contributed by atoms with E-state index in [4.69, 9.17) is 14.6 Å². The first-order valence-electron chi connectivity index (χ1n) is 5.70. The van der Waals surface area contributed by atoms with E-state index in [1.165, 1.54) is 0 Å². The Labute approximate surface area is 107 Å². The van der Waals surface area contributed by atoms with Gasteiger partial charge in [0.15, 0.2) is 0 Å². The van der Waals surface area contributed by atoms with E-state index < -0.39 is 0 Å². The highest BCUT2D eigenvalue weighted by molar-refractivity contribution is 5.67. The van der Waals surface area contributed by atoms with Gasteiger partial charge in [0.25, 0.3) is 0 Å². The second kappa shape index (κ2) is 5.56. The molecule has 2 aromatic rings. The predicted molar refractivity (Wildman–Crippen MR) is 70.9 cm³/mol. The van der Waals surface area contributed by atoms with Crippen molar-refractivity contribution in [2.75, 3.05) is 14.2 Å². The summed E-state index contributed by atoms with van der Waals surface area (Å²) in [7, 11) is 3.26. The van der Waals surface area contributed by atoms with Crippen LogP contribution in [0, 0.1) is 0 Å². The fourth-order valence-electron chi connectivity index (χ4n) is 1.78. The number of hydrogen-bond donors (Lipinski definition) is 1. The van der Waals surface area contributed by atoms with Crippen molar-refractivity contribution < 1.29 is 14.6 Å². The quantitative estimate of drug-likeness (QED) is 0.898. The van der Waals surface area contributed by atoms with Crippen molar-refractivity contribution in [3.05, 3.63) is 48.0 Å². The van der Waals surface area contributed by atoms with Gasteiger partial charge < -0.3 is 14.6 Å². The summed E-state index contributed by atoms with van der Waals surface area (Å²) >= 11 is 0. The van der Waals surface area contributed by atoms with E-state index in [1.54, 1.807) is 14.2 Å². The summed E-state index contributed by atoms with van der Waals surface area (Å²) < 4.78 is 10.5. The van der Waals surface area contributed by atoms with Crippen LogP contribution in [0.15, 0.2) is 42.5 Å². The zero-order chi connectivity index (χ0) is 13.0. The number of aliphatic hydroxyl groups excluding tert-OH is 1. The molecule has 0 unspecified atom stereocenters. The van der Waals surface area contributed by atoms with Gasteiger partial charge in [-0.2, -0.15) is 0 Å². The van der Waals surface area contributed by atoms with Crippen molar-refractivity contribution in [2.24, 2.45) is 0 Å². The summed E-state index contributed by atoms with van der Waals surface area (Å²) in [5.41, 5.74) is 2.98. The number of rotatable bonds is 4. The summed E-state index contributed by atoms with van der Waals surface area (Å²) in [6, 6.07) is 13.5. The van der Waals surface area contributed by atoms with Crippen LogP contribution >= 0.6 is 0 Å². The van der Waals surface area contributed by atoms with Gasteiger partial charge in [-0.1, -0.05) is 24.3 Å². The third kappa shape index (κ3) is 2.63. The number of hydrogen-bond acceptors (Lipinski definition) is 3. The minimum atomic E-state index is 0.0573. The Morgan fingerprint density at radius 1 is 0.833 bits per heavy atom.